The fraction of sp³-hybridized carbons (Fsp3) is 0.579. The van der Waals surface area contributed by atoms with Crippen LogP contribution in [-0.4, -0.2) is 24.0 Å². The molecule has 0 spiro atoms. The summed E-state index contributed by atoms with van der Waals surface area (Å²) in [6.45, 7) is 2.13. The first-order chi connectivity index (χ1) is 11.2. The normalized spacial score (nSPS) is 15.2. The van der Waals surface area contributed by atoms with Gasteiger partial charge in [0.2, 0.25) is 0 Å². The topological polar surface area (TPSA) is 48.4 Å². The van der Waals surface area contributed by atoms with Crippen LogP contribution >= 0.6 is 0 Å². The van der Waals surface area contributed by atoms with Gasteiger partial charge in [0, 0.05) is 12.5 Å². The van der Waals surface area contributed by atoms with Gasteiger partial charge >= 0.3 is 0 Å². The van der Waals surface area contributed by atoms with Gasteiger partial charge in [-0.2, -0.15) is 0 Å². The molecule has 0 atom stereocenters. The summed E-state index contributed by atoms with van der Waals surface area (Å²) in [6, 6.07) is 1.85. The largest absolute Gasteiger partial charge is 0.491 e. The minimum absolute atomic E-state index is 0.148. The second-order valence-corrected chi connectivity index (χ2v) is 6.04. The van der Waals surface area contributed by atoms with E-state index in [9.17, 15) is 4.79 Å². The molecule has 0 aromatic carbocycles. The molecule has 23 heavy (non-hydrogen) atoms. The molecule has 1 aliphatic rings. The van der Waals surface area contributed by atoms with Gasteiger partial charge in [-0.05, 0) is 44.3 Å². The molecule has 0 saturated heterocycles. The molecule has 0 bridgehead atoms. The predicted octanol–water partition coefficient (Wildman–Crippen LogP) is 4.57. The summed E-state index contributed by atoms with van der Waals surface area (Å²) in [5.41, 5.74) is 0.725. The summed E-state index contributed by atoms with van der Waals surface area (Å²) in [6.07, 6.45) is 13.7. The summed E-state index contributed by atoms with van der Waals surface area (Å²) in [5.74, 6) is 1.50. The molecule has 1 saturated carbocycles. The van der Waals surface area contributed by atoms with Crippen molar-refractivity contribution in [1.82, 2.24) is 4.98 Å². The maximum Gasteiger partial charge on any atom is 0.179 e. The third-order valence-electron chi connectivity index (χ3n) is 4.14. The molecule has 0 aliphatic heterocycles. The van der Waals surface area contributed by atoms with Gasteiger partial charge in [-0.25, -0.2) is 0 Å². The van der Waals surface area contributed by atoms with Crippen molar-refractivity contribution in [2.75, 3.05) is 7.11 Å². The molecular formula is C19H27NO3. The first kappa shape index (κ1) is 17.5. The van der Waals surface area contributed by atoms with Gasteiger partial charge in [-0.3, -0.25) is 9.78 Å². The van der Waals surface area contributed by atoms with E-state index in [4.69, 9.17) is 9.47 Å². The maximum atomic E-state index is 11.8. The van der Waals surface area contributed by atoms with E-state index in [0.717, 1.165) is 37.8 Å². The quantitative estimate of drug-likeness (QED) is 0.494. The lowest BCUT2D eigenvalue weighted by molar-refractivity contribution is -0.114. The van der Waals surface area contributed by atoms with Crippen LogP contribution in [0.15, 0.2) is 18.3 Å². The molecule has 2 rings (SSSR count). The van der Waals surface area contributed by atoms with E-state index in [2.05, 4.69) is 11.9 Å². The van der Waals surface area contributed by atoms with E-state index >= 15 is 0 Å². The average molecular weight is 317 g/mol. The molecule has 1 fully saturated rings. The average Bonchev–Trinajstić information content (AvgIpc) is 3.06. The Bertz CT molecular complexity index is 533. The van der Waals surface area contributed by atoms with Crippen molar-refractivity contribution >= 4 is 11.9 Å². The highest BCUT2D eigenvalue weighted by Gasteiger charge is 2.18. The standard InChI is InChI=1S/C19H27NO3/c1-3-4-5-8-16(21)12-11-15-13-18(19(22-2)14-20-15)23-17-9-6-7-10-17/h11-14,17H,3-10H2,1-2H3. The number of nitrogens with zero attached hydrogens (tertiary/aromatic N) is 1. The predicted molar refractivity (Wildman–Crippen MR) is 91.9 cm³/mol. The molecule has 1 aromatic heterocycles. The number of hydrogen-bond donors (Lipinski definition) is 0. The van der Waals surface area contributed by atoms with E-state index in [1.807, 2.05) is 6.07 Å². The van der Waals surface area contributed by atoms with Crippen molar-refractivity contribution in [3.8, 4) is 11.5 Å². The number of ether oxygens (including phenoxy) is 2. The van der Waals surface area contributed by atoms with Gasteiger partial charge in [0.25, 0.3) is 0 Å². The Morgan fingerprint density at radius 2 is 2.09 bits per heavy atom. The third kappa shape index (κ3) is 5.70. The molecule has 1 aromatic rings. The maximum absolute atomic E-state index is 11.8. The van der Waals surface area contributed by atoms with Crippen LogP contribution in [0.4, 0.5) is 0 Å². The van der Waals surface area contributed by atoms with Gasteiger partial charge < -0.3 is 9.47 Å². The molecule has 4 heteroatoms. The SMILES string of the molecule is CCCCCC(=O)C=Cc1cc(OC2CCCC2)c(OC)cn1. The fourth-order valence-electron chi connectivity index (χ4n) is 2.77. The van der Waals surface area contributed by atoms with Crippen LogP contribution in [0.25, 0.3) is 6.08 Å². The molecule has 0 amide bonds. The van der Waals surface area contributed by atoms with Crippen molar-refractivity contribution < 1.29 is 14.3 Å². The van der Waals surface area contributed by atoms with Crippen molar-refractivity contribution in [1.29, 1.82) is 0 Å². The number of allylic oxidation sites excluding steroid dienone is 1. The number of aromatic nitrogens is 1. The summed E-state index contributed by atoms with van der Waals surface area (Å²) in [4.78, 5) is 16.1. The summed E-state index contributed by atoms with van der Waals surface area (Å²) < 4.78 is 11.4. The van der Waals surface area contributed by atoms with Gasteiger partial charge in [0.1, 0.15) is 0 Å². The zero-order valence-electron chi connectivity index (χ0n) is 14.2. The lowest BCUT2D eigenvalue weighted by Gasteiger charge is -2.15. The van der Waals surface area contributed by atoms with Gasteiger partial charge in [0.05, 0.1) is 25.1 Å². The fourth-order valence-corrected chi connectivity index (χ4v) is 2.77. The highest BCUT2D eigenvalue weighted by molar-refractivity contribution is 5.93. The van der Waals surface area contributed by atoms with Crippen LogP contribution in [0.5, 0.6) is 11.5 Å². The summed E-state index contributed by atoms with van der Waals surface area (Å²) in [5, 5.41) is 0. The highest BCUT2D eigenvalue weighted by atomic mass is 16.5. The minimum atomic E-state index is 0.148. The first-order valence-corrected chi connectivity index (χ1v) is 8.64. The lowest BCUT2D eigenvalue weighted by Crippen LogP contribution is -2.11. The van der Waals surface area contributed by atoms with Crippen molar-refractivity contribution in [2.45, 2.75) is 64.4 Å². The Balaban J connectivity index is 1.99. The number of hydrogen-bond acceptors (Lipinski definition) is 4. The smallest absolute Gasteiger partial charge is 0.179 e. The number of pyridine rings is 1. The van der Waals surface area contributed by atoms with Crippen molar-refractivity contribution in [3.63, 3.8) is 0 Å². The Kier molecular flexibility index (Phi) is 7.11. The highest BCUT2D eigenvalue weighted by Crippen LogP contribution is 2.31. The number of carbonyl (C=O) groups is 1. The molecule has 0 unspecified atom stereocenters. The van der Waals surface area contributed by atoms with Crippen LogP contribution in [-0.2, 0) is 4.79 Å². The van der Waals surface area contributed by atoms with Gasteiger partial charge in [-0.15, -0.1) is 0 Å². The van der Waals surface area contributed by atoms with E-state index in [-0.39, 0.29) is 11.9 Å². The van der Waals surface area contributed by atoms with Crippen LogP contribution < -0.4 is 9.47 Å². The van der Waals surface area contributed by atoms with E-state index < -0.39 is 0 Å². The molecule has 126 valence electrons. The number of methoxy groups -OCH3 is 1. The Labute approximate surface area is 138 Å². The first-order valence-electron chi connectivity index (χ1n) is 8.64. The summed E-state index contributed by atoms with van der Waals surface area (Å²) >= 11 is 0. The zero-order chi connectivity index (χ0) is 16.5. The van der Waals surface area contributed by atoms with Crippen molar-refractivity contribution in [2.24, 2.45) is 0 Å². The lowest BCUT2D eigenvalue weighted by atomic mass is 10.1. The number of rotatable bonds is 9. The van der Waals surface area contributed by atoms with Crippen LogP contribution in [0.3, 0.4) is 0 Å². The van der Waals surface area contributed by atoms with Gasteiger partial charge in [0.15, 0.2) is 17.3 Å². The Morgan fingerprint density at radius 3 is 2.78 bits per heavy atom. The number of ketones is 1. The Morgan fingerprint density at radius 1 is 1.30 bits per heavy atom. The minimum Gasteiger partial charge on any atom is -0.491 e. The van der Waals surface area contributed by atoms with Gasteiger partial charge in [-0.1, -0.05) is 19.8 Å². The van der Waals surface area contributed by atoms with Crippen LogP contribution in [0.1, 0.15) is 64.0 Å². The van der Waals surface area contributed by atoms with Crippen LogP contribution in [0, 0.1) is 0 Å². The summed E-state index contributed by atoms with van der Waals surface area (Å²) in [7, 11) is 1.62. The third-order valence-corrected chi connectivity index (χ3v) is 4.14. The second-order valence-electron chi connectivity index (χ2n) is 6.04. The van der Waals surface area contributed by atoms with Crippen molar-refractivity contribution in [3.05, 3.63) is 24.0 Å². The molecule has 0 N–H and O–H groups in total. The zero-order valence-corrected chi connectivity index (χ0v) is 14.2. The van der Waals surface area contributed by atoms with E-state index in [1.165, 1.54) is 12.8 Å². The number of carbonyl (C=O) groups excluding carboxylic acids is 1. The van der Waals surface area contributed by atoms with E-state index in [0.29, 0.717) is 17.9 Å². The Hall–Kier alpha value is -1.84. The number of unbranched alkanes of at least 4 members (excludes halogenated alkanes) is 2. The molecular weight excluding hydrogens is 290 g/mol. The van der Waals surface area contributed by atoms with E-state index in [1.54, 1.807) is 25.5 Å². The monoisotopic (exact) mass is 317 g/mol. The molecule has 0 radical (unpaired) electrons. The van der Waals surface area contributed by atoms with Crippen LogP contribution in [0.2, 0.25) is 0 Å². The molecule has 1 heterocycles. The molecule has 1 aliphatic carbocycles. The second kappa shape index (κ2) is 9.33. The molecule has 4 nitrogen and oxygen atoms in total.